The zero-order valence-corrected chi connectivity index (χ0v) is 10.7. The summed E-state index contributed by atoms with van der Waals surface area (Å²) in [4.78, 5) is 35.3. The molecule has 1 heterocycles. The zero-order valence-electron chi connectivity index (χ0n) is 10.7. The third kappa shape index (κ3) is 3.28. The first kappa shape index (κ1) is 14.1. The molecule has 0 aromatic rings. The smallest absolute Gasteiger partial charge is 0.323 e. The highest BCUT2D eigenvalue weighted by molar-refractivity contribution is 6.39. The van der Waals surface area contributed by atoms with Crippen molar-refractivity contribution in [2.75, 3.05) is 13.6 Å². The molecule has 0 saturated carbocycles. The lowest BCUT2D eigenvalue weighted by molar-refractivity contribution is -0.143. The van der Waals surface area contributed by atoms with Crippen molar-refractivity contribution < 1.29 is 19.5 Å². The molecular formula is C11H17N3O4. The maximum absolute atomic E-state index is 12.1. The Morgan fingerprint density at radius 1 is 1.44 bits per heavy atom. The third-order valence-electron chi connectivity index (χ3n) is 2.64. The molecule has 7 nitrogen and oxygen atoms in total. The van der Waals surface area contributed by atoms with E-state index in [0.29, 0.717) is 0 Å². The maximum atomic E-state index is 12.1. The van der Waals surface area contributed by atoms with Crippen LogP contribution in [0.4, 0.5) is 0 Å². The Bertz CT molecular complexity index is 403. The van der Waals surface area contributed by atoms with Gasteiger partial charge in [0.2, 0.25) is 5.91 Å². The van der Waals surface area contributed by atoms with Crippen LogP contribution in [-0.2, 0) is 14.4 Å². The van der Waals surface area contributed by atoms with Crippen molar-refractivity contribution in [3.63, 3.8) is 0 Å². The van der Waals surface area contributed by atoms with Gasteiger partial charge in [-0.1, -0.05) is 0 Å². The van der Waals surface area contributed by atoms with Crippen molar-refractivity contribution in [2.45, 2.75) is 32.7 Å². The lowest BCUT2D eigenvalue weighted by Crippen LogP contribution is -2.46. The lowest BCUT2D eigenvalue weighted by atomic mass is 10.1. The molecule has 0 saturated heterocycles. The minimum absolute atomic E-state index is 0.152. The van der Waals surface area contributed by atoms with Crippen LogP contribution >= 0.6 is 0 Å². The van der Waals surface area contributed by atoms with E-state index in [1.807, 2.05) is 0 Å². The number of rotatable bonds is 4. The van der Waals surface area contributed by atoms with Gasteiger partial charge in [0.1, 0.15) is 12.3 Å². The van der Waals surface area contributed by atoms with Crippen LogP contribution in [0.15, 0.2) is 5.10 Å². The van der Waals surface area contributed by atoms with Crippen LogP contribution in [0.2, 0.25) is 0 Å². The molecule has 0 aromatic heterocycles. The molecule has 7 heteroatoms. The molecule has 1 aliphatic heterocycles. The monoisotopic (exact) mass is 255 g/mol. The second-order valence-electron chi connectivity index (χ2n) is 4.38. The first-order valence-corrected chi connectivity index (χ1v) is 5.69. The van der Waals surface area contributed by atoms with E-state index in [2.05, 4.69) is 5.10 Å². The minimum Gasteiger partial charge on any atom is -0.480 e. The van der Waals surface area contributed by atoms with Crippen molar-refractivity contribution in [3.8, 4) is 0 Å². The number of hydrogen-bond acceptors (Lipinski definition) is 4. The number of aliphatic carboxylic acids is 1. The molecular weight excluding hydrogens is 238 g/mol. The molecule has 1 rings (SSSR count). The Hall–Kier alpha value is -1.92. The van der Waals surface area contributed by atoms with Gasteiger partial charge < -0.3 is 10.0 Å². The standard InChI is InChI=1S/C11H17N3O4/c1-7(2)14(6-10(16)17)11(18)8-4-5-9(15)13(3)12-8/h7H,4-6H2,1-3H3,(H,16,17). The molecule has 1 N–H and O–H groups in total. The Labute approximate surface area is 105 Å². The second kappa shape index (κ2) is 5.61. The second-order valence-corrected chi connectivity index (χ2v) is 4.38. The summed E-state index contributed by atoms with van der Waals surface area (Å²) in [5.74, 6) is -1.65. The highest BCUT2D eigenvalue weighted by atomic mass is 16.4. The average Bonchev–Trinajstić information content (AvgIpc) is 2.28. The topological polar surface area (TPSA) is 90.3 Å². The number of nitrogens with zero attached hydrogens (tertiary/aromatic N) is 3. The summed E-state index contributed by atoms with van der Waals surface area (Å²) in [5.41, 5.74) is 0.229. The van der Waals surface area contributed by atoms with Gasteiger partial charge in [-0.15, -0.1) is 0 Å². The molecule has 0 radical (unpaired) electrons. The molecule has 0 unspecified atom stereocenters. The summed E-state index contributed by atoms with van der Waals surface area (Å²) in [7, 11) is 1.48. The van der Waals surface area contributed by atoms with E-state index < -0.39 is 11.9 Å². The Kier molecular flexibility index (Phi) is 4.41. The SMILES string of the molecule is CC(C)N(CC(=O)O)C(=O)C1=NN(C)C(=O)CC1. The highest BCUT2D eigenvalue weighted by Crippen LogP contribution is 2.11. The van der Waals surface area contributed by atoms with Crippen LogP contribution in [0.3, 0.4) is 0 Å². The fourth-order valence-corrected chi connectivity index (χ4v) is 1.62. The van der Waals surface area contributed by atoms with E-state index in [4.69, 9.17) is 5.11 Å². The van der Waals surface area contributed by atoms with Crippen LogP contribution < -0.4 is 0 Å². The largest absolute Gasteiger partial charge is 0.480 e. The number of carboxylic acid groups (broad SMARTS) is 1. The summed E-state index contributed by atoms with van der Waals surface area (Å²) >= 11 is 0. The molecule has 100 valence electrons. The zero-order chi connectivity index (χ0) is 13.9. The first-order chi connectivity index (χ1) is 8.32. The Morgan fingerprint density at radius 2 is 2.06 bits per heavy atom. The van der Waals surface area contributed by atoms with Crippen molar-refractivity contribution in [1.82, 2.24) is 9.91 Å². The van der Waals surface area contributed by atoms with Gasteiger partial charge in [0, 0.05) is 25.9 Å². The van der Waals surface area contributed by atoms with E-state index in [0.717, 1.165) is 5.01 Å². The van der Waals surface area contributed by atoms with Crippen molar-refractivity contribution in [3.05, 3.63) is 0 Å². The van der Waals surface area contributed by atoms with E-state index in [-0.39, 0.29) is 37.0 Å². The Balaban J connectivity index is 2.87. The fraction of sp³-hybridized carbons (Fsp3) is 0.636. The van der Waals surface area contributed by atoms with Gasteiger partial charge in [-0.05, 0) is 13.8 Å². The van der Waals surface area contributed by atoms with Gasteiger partial charge in [-0.2, -0.15) is 5.10 Å². The summed E-state index contributed by atoms with van der Waals surface area (Å²) < 4.78 is 0. The van der Waals surface area contributed by atoms with Crippen LogP contribution in [-0.4, -0.2) is 58.1 Å². The molecule has 0 spiro atoms. The quantitative estimate of drug-likeness (QED) is 0.760. The van der Waals surface area contributed by atoms with Crippen LogP contribution in [0.25, 0.3) is 0 Å². The number of hydrogen-bond donors (Lipinski definition) is 1. The summed E-state index contributed by atoms with van der Waals surface area (Å²) in [5, 5.41) is 13.8. The third-order valence-corrected chi connectivity index (χ3v) is 2.64. The van der Waals surface area contributed by atoms with Crippen molar-refractivity contribution in [2.24, 2.45) is 5.10 Å². The number of carboxylic acids is 1. The van der Waals surface area contributed by atoms with E-state index in [9.17, 15) is 14.4 Å². The van der Waals surface area contributed by atoms with Crippen molar-refractivity contribution >= 4 is 23.5 Å². The molecule has 0 aliphatic carbocycles. The van der Waals surface area contributed by atoms with Gasteiger partial charge in [0.15, 0.2) is 0 Å². The predicted octanol–water partition coefficient (Wildman–Crippen LogP) is -0.0838. The lowest BCUT2D eigenvalue weighted by Gasteiger charge is -2.27. The van der Waals surface area contributed by atoms with E-state index in [1.165, 1.54) is 11.9 Å². The number of amides is 2. The van der Waals surface area contributed by atoms with Crippen LogP contribution in [0.5, 0.6) is 0 Å². The maximum Gasteiger partial charge on any atom is 0.323 e. The summed E-state index contributed by atoms with van der Waals surface area (Å²) in [6.45, 7) is 3.10. The molecule has 0 bridgehead atoms. The summed E-state index contributed by atoms with van der Waals surface area (Å²) in [6.07, 6.45) is 0.477. The number of hydrazone groups is 1. The van der Waals surface area contributed by atoms with E-state index >= 15 is 0 Å². The number of carbonyl (C=O) groups excluding carboxylic acids is 2. The van der Waals surface area contributed by atoms with Crippen molar-refractivity contribution in [1.29, 1.82) is 0 Å². The Morgan fingerprint density at radius 3 is 2.50 bits per heavy atom. The predicted molar refractivity (Wildman–Crippen MR) is 63.9 cm³/mol. The number of carbonyl (C=O) groups is 3. The first-order valence-electron chi connectivity index (χ1n) is 5.69. The van der Waals surface area contributed by atoms with Gasteiger partial charge in [-0.25, -0.2) is 5.01 Å². The van der Waals surface area contributed by atoms with E-state index in [1.54, 1.807) is 13.8 Å². The molecule has 1 aliphatic rings. The minimum atomic E-state index is -1.07. The normalized spacial score (nSPS) is 15.7. The van der Waals surface area contributed by atoms with Gasteiger partial charge >= 0.3 is 5.97 Å². The molecule has 18 heavy (non-hydrogen) atoms. The van der Waals surface area contributed by atoms with Gasteiger partial charge in [0.25, 0.3) is 5.91 Å². The van der Waals surface area contributed by atoms with Gasteiger partial charge in [0.05, 0.1) is 0 Å². The average molecular weight is 255 g/mol. The molecule has 2 amide bonds. The molecule has 0 aromatic carbocycles. The van der Waals surface area contributed by atoms with Crippen LogP contribution in [0.1, 0.15) is 26.7 Å². The molecule has 0 fully saturated rings. The highest BCUT2D eigenvalue weighted by Gasteiger charge is 2.28. The summed E-state index contributed by atoms with van der Waals surface area (Å²) in [6, 6.07) is -0.237. The van der Waals surface area contributed by atoms with Gasteiger partial charge in [-0.3, -0.25) is 14.4 Å². The van der Waals surface area contributed by atoms with Crippen LogP contribution in [0, 0.1) is 0 Å². The fourth-order valence-electron chi connectivity index (χ4n) is 1.62. The molecule has 0 atom stereocenters.